The largest absolute Gasteiger partial charge is 0.497 e. The quantitative estimate of drug-likeness (QED) is 0.810. The van der Waals surface area contributed by atoms with E-state index in [1.165, 1.54) is 20.6 Å². The summed E-state index contributed by atoms with van der Waals surface area (Å²) >= 11 is 0. The third-order valence-electron chi connectivity index (χ3n) is 2.68. The van der Waals surface area contributed by atoms with Gasteiger partial charge in [0.05, 0.1) is 14.2 Å². The zero-order chi connectivity index (χ0) is 15.8. The fraction of sp³-hybridized carbons (Fsp3) is 0.333. The van der Waals surface area contributed by atoms with Crippen molar-refractivity contribution in [2.75, 3.05) is 21.3 Å². The molecule has 6 nitrogen and oxygen atoms in total. The fourth-order valence-corrected chi connectivity index (χ4v) is 1.58. The maximum Gasteiger partial charge on any atom is 0.299 e. The van der Waals surface area contributed by atoms with Crippen molar-refractivity contribution in [2.24, 2.45) is 0 Å². The number of aromatic nitrogens is 1. The third kappa shape index (κ3) is 3.82. The molecule has 0 atom stereocenters. The first-order valence-corrected chi connectivity index (χ1v) is 6.57. The molecule has 0 saturated carbocycles. The molecule has 2 aromatic rings. The molecule has 0 aliphatic rings. The van der Waals surface area contributed by atoms with Gasteiger partial charge in [-0.25, -0.2) is 10.0 Å². The summed E-state index contributed by atoms with van der Waals surface area (Å²) in [7, 11) is 4.51. The number of carbonyl (C=O) groups is 1. The van der Waals surface area contributed by atoms with Gasteiger partial charge in [0.2, 0.25) is 0 Å². The van der Waals surface area contributed by atoms with Gasteiger partial charge < -0.3 is 9.15 Å². The lowest BCUT2D eigenvalue weighted by molar-refractivity contribution is -0.0759. The smallest absolute Gasteiger partial charge is 0.299 e. The second-order valence-electron chi connectivity index (χ2n) is 3.74. The van der Waals surface area contributed by atoms with Crippen molar-refractivity contribution in [3.05, 3.63) is 36.4 Å². The Kier molecular flexibility index (Phi) is 6.42. The van der Waals surface area contributed by atoms with E-state index in [1.807, 2.05) is 13.8 Å². The molecule has 0 fully saturated rings. The average molecular weight is 292 g/mol. The van der Waals surface area contributed by atoms with Crippen molar-refractivity contribution >= 4 is 5.91 Å². The number of hydrogen-bond donors (Lipinski definition) is 0. The number of ether oxygens (including phenoxy) is 1. The van der Waals surface area contributed by atoms with Crippen LogP contribution in [0.25, 0.3) is 11.3 Å². The van der Waals surface area contributed by atoms with E-state index in [-0.39, 0.29) is 11.6 Å². The van der Waals surface area contributed by atoms with Crippen LogP contribution in [0.3, 0.4) is 0 Å². The highest BCUT2D eigenvalue weighted by Gasteiger charge is 2.21. The van der Waals surface area contributed by atoms with Crippen LogP contribution in [-0.2, 0) is 4.84 Å². The second-order valence-corrected chi connectivity index (χ2v) is 3.74. The molecular weight excluding hydrogens is 272 g/mol. The number of hydroxylamine groups is 2. The number of carbonyl (C=O) groups excluding carboxylic acids is 1. The molecule has 0 N–H and O–H groups in total. The average Bonchev–Trinajstić information content (AvgIpc) is 3.04. The Morgan fingerprint density at radius 1 is 1.19 bits per heavy atom. The molecule has 1 aromatic carbocycles. The van der Waals surface area contributed by atoms with E-state index in [4.69, 9.17) is 14.0 Å². The lowest BCUT2D eigenvalue weighted by Gasteiger charge is -2.12. The summed E-state index contributed by atoms with van der Waals surface area (Å²) in [6.07, 6.45) is 1.23. The molecule has 0 aliphatic carbocycles. The summed E-state index contributed by atoms with van der Waals surface area (Å²) in [5.41, 5.74) is 0.945. The first-order chi connectivity index (χ1) is 10.2. The Morgan fingerprint density at radius 2 is 1.81 bits per heavy atom. The minimum absolute atomic E-state index is 0.203. The number of hydrogen-bond acceptors (Lipinski definition) is 5. The minimum atomic E-state index is -0.373. The molecule has 2 rings (SSSR count). The van der Waals surface area contributed by atoms with E-state index in [1.54, 1.807) is 31.4 Å². The Bertz CT molecular complexity index is 563. The van der Waals surface area contributed by atoms with Gasteiger partial charge in [-0.1, -0.05) is 13.8 Å². The normalized spacial score (nSPS) is 9.57. The number of nitrogens with zero attached hydrogens (tertiary/aromatic N) is 2. The first kappa shape index (κ1) is 16.7. The molecule has 6 heteroatoms. The summed E-state index contributed by atoms with van der Waals surface area (Å²) < 4.78 is 10.4. The van der Waals surface area contributed by atoms with E-state index in [0.29, 0.717) is 5.76 Å². The number of methoxy groups -OCH3 is 1. The predicted molar refractivity (Wildman–Crippen MR) is 78.9 cm³/mol. The highest BCUT2D eigenvalue weighted by atomic mass is 16.7. The van der Waals surface area contributed by atoms with Gasteiger partial charge in [0.25, 0.3) is 5.91 Å². The van der Waals surface area contributed by atoms with Crippen LogP contribution < -0.4 is 4.74 Å². The van der Waals surface area contributed by atoms with Crippen LogP contribution in [0.1, 0.15) is 24.3 Å². The zero-order valence-corrected chi connectivity index (χ0v) is 12.9. The minimum Gasteiger partial charge on any atom is -0.497 e. The number of rotatable bonds is 4. The van der Waals surface area contributed by atoms with Gasteiger partial charge in [-0.05, 0) is 24.3 Å². The van der Waals surface area contributed by atoms with Crippen molar-refractivity contribution in [1.29, 1.82) is 0 Å². The van der Waals surface area contributed by atoms with Gasteiger partial charge in [-0.2, -0.15) is 0 Å². The molecule has 21 heavy (non-hydrogen) atoms. The molecule has 0 aliphatic heterocycles. The van der Waals surface area contributed by atoms with Crippen molar-refractivity contribution in [3.63, 3.8) is 0 Å². The Hall–Kier alpha value is -2.34. The third-order valence-corrected chi connectivity index (χ3v) is 2.68. The Balaban J connectivity index is 0.00000106. The van der Waals surface area contributed by atoms with Gasteiger partial charge >= 0.3 is 0 Å². The van der Waals surface area contributed by atoms with Crippen LogP contribution in [0, 0.1) is 0 Å². The molecule has 0 spiro atoms. The molecule has 1 aromatic heterocycles. The molecule has 1 heterocycles. The standard InChI is InChI=1S/C13H14N2O4.C2H6/c1-15(18-3)13(16)11-12(19-8-14-11)9-4-6-10(17-2)7-5-9;1-2/h4-8H,1-3H3;1-2H3. The summed E-state index contributed by atoms with van der Waals surface area (Å²) in [4.78, 5) is 20.8. The summed E-state index contributed by atoms with van der Waals surface area (Å²) in [5.74, 6) is 0.753. The molecule has 0 saturated heterocycles. The number of benzene rings is 1. The molecule has 0 unspecified atom stereocenters. The van der Waals surface area contributed by atoms with Gasteiger partial charge in [-0.3, -0.25) is 9.63 Å². The van der Waals surface area contributed by atoms with Gasteiger partial charge in [0.1, 0.15) is 5.75 Å². The molecular formula is C15H20N2O4. The molecule has 1 amide bonds. The van der Waals surface area contributed by atoms with Crippen LogP contribution in [0.5, 0.6) is 5.75 Å². The van der Waals surface area contributed by atoms with Gasteiger partial charge in [0, 0.05) is 12.6 Å². The number of amides is 1. The second kappa shape index (κ2) is 8.06. The summed E-state index contributed by atoms with van der Waals surface area (Å²) in [5, 5.41) is 1.09. The topological polar surface area (TPSA) is 64.8 Å². The Labute approximate surface area is 124 Å². The zero-order valence-electron chi connectivity index (χ0n) is 12.9. The van der Waals surface area contributed by atoms with Crippen LogP contribution in [0.4, 0.5) is 0 Å². The molecule has 0 radical (unpaired) electrons. The van der Waals surface area contributed by atoms with Crippen LogP contribution in [0.15, 0.2) is 35.1 Å². The predicted octanol–water partition coefficient (Wildman–Crippen LogP) is 3.01. The van der Waals surface area contributed by atoms with Crippen molar-refractivity contribution in [3.8, 4) is 17.1 Å². The van der Waals surface area contributed by atoms with E-state index in [0.717, 1.165) is 16.4 Å². The molecule has 114 valence electrons. The van der Waals surface area contributed by atoms with Gasteiger partial charge in [-0.15, -0.1) is 0 Å². The monoisotopic (exact) mass is 292 g/mol. The summed E-state index contributed by atoms with van der Waals surface area (Å²) in [6.45, 7) is 4.00. The highest BCUT2D eigenvalue weighted by Crippen LogP contribution is 2.25. The van der Waals surface area contributed by atoms with Crippen LogP contribution in [0.2, 0.25) is 0 Å². The first-order valence-electron chi connectivity index (χ1n) is 6.57. The number of oxazole rings is 1. The SMILES string of the molecule is CC.COc1ccc(-c2ocnc2C(=O)N(C)OC)cc1. The Morgan fingerprint density at radius 3 is 2.33 bits per heavy atom. The maximum atomic E-state index is 12.0. The van der Waals surface area contributed by atoms with Crippen molar-refractivity contribution < 1.29 is 18.8 Å². The fourth-order valence-electron chi connectivity index (χ4n) is 1.58. The highest BCUT2D eigenvalue weighted by molar-refractivity contribution is 5.96. The van der Waals surface area contributed by atoms with E-state index in [2.05, 4.69) is 4.98 Å². The van der Waals surface area contributed by atoms with Gasteiger partial charge in [0.15, 0.2) is 17.8 Å². The van der Waals surface area contributed by atoms with Crippen LogP contribution >= 0.6 is 0 Å². The van der Waals surface area contributed by atoms with Crippen LogP contribution in [-0.4, -0.2) is 37.2 Å². The van der Waals surface area contributed by atoms with E-state index < -0.39 is 0 Å². The van der Waals surface area contributed by atoms with Crippen molar-refractivity contribution in [2.45, 2.75) is 13.8 Å². The maximum absolute atomic E-state index is 12.0. The van der Waals surface area contributed by atoms with E-state index in [9.17, 15) is 4.79 Å². The van der Waals surface area contributed by atoms with Crippen molar-refractivity contribution in [1.82, 2.24) is 10.0 Å². The summed E-state index contributed by atoms with van der Waals surface area (Å²) in [6, 6.07) is 7.16. The lowest BCUT2D eigenvalue weighted by Crippen LogP contribution is -2.26. The molecule has 0 bridgehead atoms. The lowest BCUT2D eigenvalue weighted by atomic mass is 10.1. The van der Waals surface area contributed by atoms with E-state index >= 15 is 0 Å².